The maximum Gasteiger partial charge on any atom is 0.295 e. The second-order valence-corrected chi connectivity index (χ2v) is 9.37. The molecule has 1 aromatic heterocycles. The van der Waals surface area contributed by atoms with E-state index in [9.17, 15) is 9.59 Å². The second-order valence-electron chi connectivity index (χ2n) is 8.93. The van der Waals surface area contributed by atoms with Gasteiger partial charge in [-0.1, -0.05) is 43.1 Å². The average Bonchev–Trinajstić information content (AvgIpc) is 3.14. The fraction of sp³-hybridized carbons (Fsp3) is 0.241. The van der Waals surface area contributed by atoms with Gasteiger partial charge in [0, 0.05) is 10.7 Å². The average molecular weight is 488 g/mol. The minimum Gasteiger partial charge on any atom is -0.494 e. The van der Waals surface area contributed by atoms with E-state index in [0.717, 1.165) is 35.3 Å². The van der Waals surface area contributed by atoms with Crippen LogP contribution in [-0.2, 0) is 0 Å². The van der Waals surface area contributed by atoms with Crippen molar-refractivity contribution in [2.24, 2.45) is 0 Å². The zero-order valence-electron chi connectivity index (χ0n) is 19.9. The summed E-state index contributed by atoms with van der Waals surface area (Å²) < 4.78 is 11.8. The highest BCUT2D eigenvalue weighted by atomic mass is 35.5. The first-order valence-electron chi connectivity index (χ1n) is 11.8. The highest BCUT2D eigenvalue weighted by Crippen LogP contribution is 2.42. The Morgan fingerprint density at radius 3 is 2.46 bits per heavy atom. The van der Waals surface area contributed by atoms with Gasteiger partial charge in [0.25, 0.3) is 5.91 Å². The number of ether oxygens (including phenoxy) is 1. The molecule has 0 radical (unpaired) electrons. The molecular weight excluding hydrogens is 462 g/mol. The van der Waals surface area contributed by atoms with Gasteiger partial charge in [-0.25, -0.2) is 0 Å². The fourth-order valence-electron chi connectivity index (χ4n) is 4.48. The Morgan fingerprint density at radius 1 is 0.971 bits per heavy atom. The molecule has 6 heteroatoms. The number of benzene rings is 3. The van der Waals surface area contributed by atoms with E-state index in [0.29, 0.717) is 33.8 Å². The van der Waals surface area contributed by atoms with Crippen LogP contribution < -0.4 is 15.1 Å². The van der Waals surface area contributed by atoms with Gasteiger partial charge in [0.2, 0.25) is 5.76 Å². The first kappa shape index (κ1) is 23.2. The van der Waals surface area contributed by atoms with Gasteiger partial charge in [0.05, 0.1) is 23.6 Å². The van der Waals surface area contributed by atoms with Crippen LogP contribution in [0.15, 0.2) is 69.9 Å². The van der Waals surface area contributed by atoms with Gasteiger partial charge >= 0.3 is 0 Å². The maximum absolute atomic E-state index is 13.7. The molecular formula is C29H26ClNO4. The van der Waals surface area contributed by atoms with Gasteiger partial charge in [-0.3, -0.25) is 14.5 Å². The van der Waals surface area contributed by atoms with Crippen LogP contribution in [-0.4, -0.2) is 12.5 Å². The summed E-state index contributed by atoms with van der Waals surface area (Å²) in [5.74, 6) is 0.476. The Labute approximate surface area is 208 Å². The smallest absolute Gasteiger partial charge is 0.295 e. The fourth-order valence-corrected chi connectivity index (χ4v) is 4.66. The highest BCUT2D eigenvalue weighted by molar-refractivity contribution is 6.31. The van der Waals surface area contributed by atoms with Crippen LogP contribution in [0.4, 0.5) is 5.69 Å². The third-order valence-corrected chi connectivity index (χ3v) is 6.80. The Balaban J connectivity index is 1.68. The summed E-state index contributed by atoms with van der Waals surface area (Å²) in [6.45, 7) is 6.79. The number of aryl methyl sites for hydroxylation is 2. The molecule has 178 valence electrons. The molecule has 5 nitrogen and oxygen atoms in total. The minimum absolute atomic E-state index is 0.0660. The summed E-state index contributed by atoms with van der Waals surface area (Å²) in [7, 11) is 0. The summed E-state index contributed by atoms with van der Waals surface area (Å²) in [6.07, 6.45) is 2.03. The molecule has 5 rings (SSSR count). The zero-order chi connectivity index (χ0) is 24.7. The van der Waals surface area contributed by atoms with E-state index >= 15 is 0 Å². The predicted molar refractivity (Wildman–Crippen MR) is 139 cm³/mol. The molecule has 1 atom stereocenters. The number of rotatable bonds is 6. The molecule has 35 heavy (non-hydrogen) atoms. The molecule has 3 aromatic carbocycles. The van der Waals surface area contributed by atoms with Gasteiger partial charge in [0.1, 0.15) is 11.3 Å². The Kier molecular flexibility index (Phi) is 6.12. The van der Waals surface area contributed by atoms with Gasteiger partial charge in [0.15, 0.2) is 5.43 Å². The minimum atomic E-state index is -0.635. The van der Waals surface area contributed by atoms with Crippen LogP contribution in [0.1, 0.15) is 58.6 Å². The van der Waals surface area contributed by atoms with E-state index in [2.05, 4.69) is 6.92 Å². The number of carbonyl (C=O) groups excluding carboxylic acids is 1. The Bertz CT molecular complexity index is 1490. The zero-order valence-corrected chi connectivity index (χ0v) is 20.7. The SMILES string of the molecule is CCCCOc1ccc(C2c3c(oc4ccc(Cl)cc4c3=O)C(=O)N2c2ccc(C)c(C)c2)cc1. The van der Waals surface area contributed by atoms with Crippen molar-refractivity contribution >= 4 is 34.2 Å². The summed E-state index contributed by atoms with van der Waals surface area (Å²) >= 11 is 6.18. The van der Waals surface area contributed by atoms with E-state index < -0.39 is 6.04 Å². The number of hydrogen-bond donors (Lipinski definition) is 0. The number of halogens is 1. The van der Waals surface area contributed by atoms with Gasteiger partial charge in [-0.05, 0) is 79.4 Å². The lowest BCUT2D eigenvalue weighted by Gasteiger charge is -2.26. The van der Waals surface area contributed by atoms with Crippen molar-refractivity contribution in [1.29, 1.82) is 0 Å². The third-order valence-electron chi connectivity index (χ3n) is 6.56. The largest absolute Gasteiger partial charge is 0.494 e. The quantitative estimate of drug-likeness (QED) is 0.275. The van der Waals surface area contributed by atoms with Gasteiger partial charge in [-0.2, -0.15) is 0 Å². The molecule has 1 amide bonds. The monoisotopic (exact) mass is 487 g/mol. The molecule has 2 heterocycles. The lowest BCUT2D eigenvalue weighted by atomic mass is 9.98. The number of anilines is 1. The number of unbranched alkanes of at least 4 members (excludes halogenated alkanes) is 1. The van der Waals surface area contributed by atoms with E-state index in [-0.39, 0.29) is 17.1 Å². The molecule has 1 aliphatic rings. The second kappa shape index (κ2) is 9.23. The first-order valence-corrected chi connectivity index (χ1v) is 12.2. The molecule has 0 saturated carbocycles. The summed E-state index contributed by atoms with van der Waals surface area (Å²) in [5.41, 5.74) is 4.09. The Hall–Kier alpha value is -3.57. The molecule has 4 aromatic rings. The van der Waals surface area contributed by atoms with Crippen LogP contribution >= 0.6 is 11.6 Å². The molecule has 0 N–H and O–H groups in total. The lowest BCUT2D eigenvalue weighted by molar-refractivity contribution is 0.0971. The van der Waals surface area contributed by atoms with Gasteiger partial charge in [-0.15, -0.1) is 0 Å². The van der Waals surface area contributed by atoms with Crippen molar-refractivity contribution in [1.82, 2.24) is 0 Å². The van der Waals surface area contributed by atoms with Crippen LogP contribution in [0.2, 0.25) is 5.02 Å². The van der Waals surface area contributed by atoms with Gasteiger partial charge < -0.3 is 9.15 Å². The van der Waals surface area contributed by atoms with Crippen molar-refractivity contribution in [3.05, 3.63) is 104 Å². The Morgan fingerprint density at radius 2 is 1.74 bits per heavy atom. The predicted octanol–water partition coefficient (Wildman–Crippen LogP) is 6.99. The van der Waals surface area contributed by atoms with E-state index in [1.807, 2.05) is 56.3 Å². The van der Waals surface area contributed by atoms with Crippen LogP contribution in [0.25, 0.3) is 11.0 Å². The third kappa shape index (κ3) is 4.10. The summed E-state index contributed by atoms with van der Waals surface area (Å²) in [6, 6.07) is 17.7. The normalized spacial score (nSPS) is 15.0. The standard InChI is InChI=1S/C29H26ClNO4/c1-4-5-14-34-22-11-7-19(8-12-22)26-25-27(32)23-16-20(30)9-13-24(23)35-28(25)29(33)31(26)21-10-6-17(2)18(3)15-21/h6-13,15-16,26H,4-5,14H2,1-3H3. The van der Waals surface area contributed by atoms with Crippen molar-refractivity contribution in [3.63, 3.8) is 0 Å². The van der Waals surface area contributed by atoms with Crippen LogP contribution in [0.5, 0.6) is 5.75 Å². The van der Waals surface area contributed by atoms with Crippen molar-refractivity contribution < 1.29 is 13.9 Å². The summed E-state index contributed by atoms with van der Waals surface area (Å²) in [5, 5.41) is 0.792. The molecule has 1 aliphatic heterocycles. The molecule has 0 saturated heterocycles. The van der Waals surface area contributed by atoms with E-state index in [4.69, 9.17) is 20.8 Å². The first-order chi connectivity index (χ1) is 16.9. The summed E-state index contributed by atoms with van der Waals surface area (Å²) in [4.78, 5) is 29.1. The maximum atomic E-state index is 13.7. The molecule has 1 unspecified atom stereocenters. The number of fused-ring (bicyclic) bond motifs is 2. The topological polar surface area (TPSA) is 59.8 Å². The number of hydrogen-bond acceptors (Lipinski definition) is 4. The van der Waals surface area contributed by atoms with Crippen molar-refractivity contribution in [2.75, 3.05) is 11.5 Å². The lowest BCUT2D eigenvalue weighted by Crippen LogP contribution is -2.29. The number of amides is 1. The molecule has 0 aliphatic carbocycles. The van der Waals surface area contributed by atoms with Crippen molar-refractivity contribution in [3.8, 4) is 5.75 Å². The van der Waals surface area contributed by atoms with E-state index in [1.54, 1.807) is 23.1 Å². The molecule has 0 spiro atoms. The van der Waals surface area contributed by atoms with Crippen molar-refractivity contribution in [2.45, 2.75) is 39.7 Å². The van der Waals surface area contributed by atoms with E-state index in [1.165, 1.54) is 0 Å². The highest BCUT2D eigenvalue weighted by Gasteiger charge is 2.43. The number of nitrogens with zero attached hydrogens (tertiary/aromatic N) is 1. The van der Waals surface area contributed by atoms with Crippen LogP contribution in [0, 0.1) is 13.8 Å². The molecule has 0 bridgehead atoms. The molecule has 0 fully saturated rings. The van der Waals surface area contributed by atoms with Crippen LogP contribution in [0.3, 0.4) is 0 Å². The number of carbonyl (C=O) groups is 1.